The molecular weight excluding hydrogens is 453 g/mol. The minimum Gasteiger partial charge on any atom is -0.383 e. The number of carbonyl (C=O) groups excluding carboxylic acids is 1. The second kappa shape index (κ2) is 10.8. The van der Waals surface area contributed by atoms with Gasteiger partial charge in [0.1, 0.15) is 0 Å². The molecule has 0 spiro atoms. The summed E-state index contributed by atoms with van der Waals surface area (Å²) in [7, 11) is 1.54. The molecule has 3 aromatic carbocycles. The number of nitrogens with zero attached hydrogens (tertiary/aromatic N) is 1. The number of hydrogen-bond donors (Lipinski definition) is 1. The van der Waals surface area contributed by atoms with Crippen LogP contribution in [0.1, 0.15) is 34.6 Å². The fraction of sp³-hybridized carbons (Fsp3) is 0.250. The Morgan fingerprint density at radius 1 is 1.00 bits per heavy atom. The summed E-state index contributed by atoms with van der Waals surface area (Å²) in [6.07, 6.45) is -2.49. The molecule has 0 saturated heterocycles. The molecule has 0 fully saturated rings. The van der Waals surface area contributed by atoms with Crippen molar-refractivity contribution in [2.75, 3.05) is 20.3 Å². The van der Waals surface area contributed by atoms with E-state index in [4.69, 9.17) is 4.74 Å². The van der Waals surface area contributed by atoms with Gasteiger partial charge in [-0.1, -0.05) is 66.7 Å². The van der Waals surface area contributed by atoms with E-state index in [1.54, 1.807) is 13.2 Å². The summed E-state index contributed by atoms with van der Waals surface area (Å²) >= 11 is 0. The number of para-hydroxylation sites is 1. The average molecular weight is 481 g/mol. The third kappa shape index (κ3) is 5.92. The first-order valence-corrected chi connectivity index (χ1v) is 11.4. The fourth-order valence-electron chi connectivity index (χ4n) is 4.35. The van der Waals surface area contributed by atoms with Gasteiger partial charge in [-0.2, -0.15) is 13.2 Å². The molecule has 0 radical (unpaired) electrons. The lowest BCUT2D eigenvalue weighted by molar-refractivity contribution is -0.137. The molecule has 4 nitrogen and oxygen atoms in total. The maximum absolute atomic E-state index is 13.5. The van der Waals surface area contributed by atoms with Crippen LogP contribution in [0.2, 0.25) is 0 Å². The van der Waals surface area contributed by atoms with E-state index in [-0.39, 0.29) is 12.3 Å². The van der Waals surface area contributed by atoms with Crippen molar-refractivity contribution in [3.8, 4) is 0 Å². The number of nitrogens with one attached hydrogen (secondary N) is 1. The van der Waals surface area contributed by atoms with Crippen molar-refractivity contribution in [2.24, 2.45) is 0 Å². The molecule has 1 N–H and O–H groups in total. The maximum atomic E-state index is 13.5. The van der Waals surface area contributed by atoms with Crippen LogP contribution in [0, 0.1) is 0 Å². The molecule has 0 saturated carbocycles. The number of carbonyl (C=O) groups is 1. The van der Waals surface area contributed by atoms with Crippen molar-refractivity contribution in [3.63, 3.8) is 0 Å². The third-order valence-corrected chi connectivity index (χ3v) is 6.02. The molecule has 1 amide bonds. The lowest BCUT2D eigenvalue weighted by atomic mass is 9.87. The Balaban J connectivity index is 1.78. The lowest BCUT2D eigenvalue weighted by Gasteiger charge is -2.19. The molecule has 7 heteroatoms. The SMILES string of the molecule is COCCNC(=O)C[C@@H](c1cccc(C(F)(F)F)c1)c1cn(Cc2ccccc2)c2ccccc12. The molecular formula is C28H27F3N2O2. The number of methoxy groups -OCH3 is 1. The van der Waals surface area contributed by atoms with E-state index in [1.807, 2.05) is 60.8 Å². The number of ether oxygens (including phenoxy) is 1. The molecule has 4 rings (SSSR count). The monoisotopic (exact) mass is 480 g/mol. The second-order valence-electron chi connectivity index (χ2n) is 8.44. The molecule has 0 aliphatic carbocycles. The first-order valence-electron chi connectivity index (χ1n) is 11.4. The van der Waals surface area contributed by atoms with Gasteiger partial charge in [0.05, 0.1) is 12.2 Å². The predicted octanol–water partition coefficient (Wildman–Crippen LogP) is 5.99. The van der Waals surface area contributed by atoms with E-state index in [2.05, 4.69) is 9.88 Å². The average Bonchev–Trinajstić information content (AvgIpc) is 3.21. The van der Waals surface area contributed by atoms with Crippen LogP contribution in [0.4, 0.5) is 13.2 Å². The van der Waals surface area contributed by atoms with E-state index >= 15 is 0 Å². The summed E-state index contributed by atoms with van der Waals surface area (Å²) in [5.74, 6) is -0.800. The van der Waals surface area contributed by atoms with Crippen LogP contribution in [-0.2, 0) is 22.3 Å². The van der Waals surface area contributed by atoms with Crippen LogP contribution >= 0.6 is 0 Å². The number of hydrogen-bond acceptors (Lipinski definition) is 2. The molecule has 0 bridgehead atoms. The van der Waals surface area contributed by atoms with Crippen LogP contribution in [0.15, 0.2) is 85.1 Å². The summed E-state index contributed by atoms with van der Waals surface area (Å²) in [6.45, 7) is 1.30. The Morgan fingerprint density at radius 2 is 1.74 bits per heavy atom. The Morgan fingerprint density at radius 3 is 2.49 bits per heavy atom. The van der Waals surface area contributed by atoms with Gasteiger partial charge in [-0.3, -0.25) is 4.79 Å². The Bertz CT molecular complexity index is 1280. The molecule has 1 heterocycles. The van der Waals surface area contributed by atoms with Gasteiger partial charge in [0.15, 0.2) is 0 Å². The summed E-state index contributed by atoms with van der Waals surface area (Å²) in [5, 5.41) is 3.71. The molecule has 182 valence electrons. The van der Waals surface area contributed by atoms with E-state index in [0.29, 0.717) is 25.3 Å². The molecule has 4 aromatic rings. The van der Waals surface area contributed by atoms with Crippen LogP contribution in [0.5, 0.6) is 0 Å². The van der Waals surface area contributed by atoms with Crippen molar-refractivity contribution in [3.05, 3.63) is 107 Å². The van der Waals surface area contributed by atoms with Crippen molar-refractivity contribution in [2.45, 2.75) is 25.1 Å². The number of halogens is 3. The molecule has 35 heavy (non-hydrogen) atoms. The normalized spacial score (nSPS) is 12.6. The van der Waals surface area contributed by atoms with Crippen molar-refractivity contribution in [1.82, 2.24) is 9.88 Å². The zero-order valence-electron chi connectivity index (χ0n) is 19.4. The minimum absolute atomic E-state index is 0.0182. The summed E-state index contributed by atoms with van der Waals surface area (Å²) < 4.78 is 47.6. The predicted molar refractivity (Wildman–Crippen MR) is 130 cm³/mol. The number of benzene rings is 3. The molecule has 0 aliphatic heterocycles. The standard InChI is InChI=1S/C28H27F3N2O2/c1-35-15-14-32-27(34)17-24(21-10-7-11-22(16-21)28(29,30)31)25-19-33(18-20-8-3-2-4-9-20)26-13-6-5-12-23(25)26/h2-13,16,19,24H,14-15,17-18H2,1H3,(H,32,34)/t24-/m0/s1. The number of aromatic nitrogens is 1. The van der Waals surface area contributed by atoms with E-state index < -0.39 is 17.7 Å². The van der Waals surface area contributed by atoms with Gasteiger partial charge < -0.3 is 14.6 Å². The maximum Gasteiger partial charge on any atom is 0.416 e. The van der Waals surface area contributed by atoms with Crippen molar-refractivity contribution < 1.29 is 22.7 Å². The third-order valence-electron chi connectivity index (χ3n) is 6.02. The lowest BCUT2D eigenvalue weighted by Crippen LogP contribution is -2.28. The highest BCUT2D eigenvalue weighted by atomic mass is 19.4. The van der Waals surface area contributed by atoms with Crippen LogP contribution < -0.4 is 5.32 Å². The number of rotatable bonds is 9. The number of alkyl halides is 3. The fourth-order valence-corrected chi connectivity index (χ4v) is 4.35. The van der Waals surface area contributed by atoms with Gasteiger partial charge in [0, 0.05) is 49.6 Å². The van der Waals surface area contributed by atoms with E-state index in [0.717, 1.165) is 34.2 Å². The molecule has 0 aliphatic rings. The molecule has 0 unspecified atom stereocenters. The first kappa shape index (κ1) is 24.5. The summed E-state index contributed by atoms with van der Waals surface area (Å²) in [5.41, 5.74) is 2.60. The highest BCUT2D eigenvalue weighted by Gasteiger charge is 2.32. The highest BCUT2D eigenvalue weighted by Crippen LogP contribution is 2.37. The van der Waals surface area contributed by atoms with Gasteiger partial charge >= 0.3 is 6.18 Å². The quantitative estimate of drug-likeness (QED) is 0.299. The van der Waals surface area contributed by atoms with Gasteiger partial charge in [0.2, 0.25) is 5.91 Å². The zero-order valence-corrected chi connectivity index (χ0v) is 19.4. The highest BCUT2D eigenvalue weighted by molar-refractivity contribution is 5.86. The largest absolute Gasteiger partial charge is 0.416 e. The van der Waals surface area contributed by atoms with Crippen LogP contribution in [0.25, 0.3) is 10.9 Å². The smallest absolute Gasteiger partial charge is 0.383 e. The van der Waals surface area contributed by atoms with Gasteiger partial charge in [0.25, 0.3) is 0 Å². The topological polar surface area (TPSA) is 43.3 Å². The first-order chi connectivity index (χ1) is 16.9. The van der Waals surface area contributed by atoms with Gasteiger partial charge in [-0.15, -0.1) is 0 Å². The minimum atomic E-state index is -4.47. The number of amides is 1. The Hall–Kier alpha value is -3.58. The van der Waals surface area contributed by atoms with E-state index in [9.17, 15) is 18.0 Å². The van der Waals surface area contributed by atoms with Crippen LogP contribution in [-0.4, -0.2) is 30.7 Å². The van der Waals surface area contributed by atoms with E-state index in [1.165, 1.54) is 6.07 Å². The van der Waals surface area contributed by atoms with Gasteiger partial charge in [-0.05, 0) is 28.8 Å². The molecule has 1 atom stereocenters. The zero-order chi connectivity index (χ0) is 24.8. The second-order valence-corrected chi connectivity index (χ2v) is 8.44. The summed E-state index contributed by atoms with van der Waals surface area (Å²) in [4.78, 5) is 12.8. The van der Waals surface area contributed by atoms with Crippen molar-refractivity contribution >= 4 is 16.8 Å². The molecule has 1 aromatic heterocycles. The van der Waals surface area contributed by atoms with Crippen LogP contribution in [0.3, 0.4) is 0 Å². The van der Waals surface area contributed by atoms with Gasteiger partial charge in [-0.25, -0.2) is 0 Å². The summed E-state index contributed by atoms with van der Waals surface area (Å²) in [6, 6.07) is 23.0. The Kier molecular flexibility index (Phi) is 7.56. The van der Waals surface area contributed by atoms with Crippen molar-refractivity contribution in [1.29, 1.82) is 0 Å². The number of fused-ring (bicyclic) bond motifs is 1. The Labute approximate surface area is 202 Å².